The molecule has 0 aromatic carbocycles. The van der Waals surface area contributed by atoms with Gasteiger partial charge >= 0.3 is 0 Å². The van der Waals surface area contributed by atoms with E-state index in [1.807, 2.05) is 6.92 Å². The van der Waals surface area contributed by atoms with Gasteiger partial charge < -0.3 is 10.2 Å². The van der Waals surface area contributed by atoms with E-state index < -0.39 is 0 Å². The quantitative estimate of drug-likeness (QED) is 0.840. The Hall–Kier alpha value is -0.800. The number of nitrogens with one attached hydrogen (secondary N) is 1. The molecule has 0 aliphatic carbocycles. The van der Waals surface area contributed by atoms with E-state index in [0.717, 1.165) is 17.8 Å². The van der Waals surface area contributed by atoms with Gasteiger partial charge in [0, 0.05) is 12.6 Å². The molecule has 3 nitrogen and oxygen atoms in total. The second kappa shape index (κ2) is 5.69. The van der Waals surface area contributed by atoms with Gasteiger partial charge in [0.25, 0.3) is 0 Å². The van der Waals surface area contributed by atoms with Crippen molar-refractivity contribution in [2.75, 3.05) is 25.5 Å². The molecule has 1 aromatic rings. The highest BCUT2D eigenvalue weighted by Gasteiger charge is 2.18. The minimum Gasteiger partial charge on any atom is -0.382 e. The van der Waals surface area contributed by atoms with Crippen LogP contribution in [0.2, 0.25) is 5.15 Å². The van der Waals surface area contributed by atoms with Crippen molar-refractivity contribution in [2.45, 2.75) is 32.2 Å². The number of pyridine rings is 1. The largest absolute Gasteiger partial charge is 0.382 e. The number of rotatable bonds is 3. The fourth-order valence-electron chi connectivity index (χ4n) is 2.29. The molecule has 1 atom stereocenters. The summed E-state index contributed by atoms with van der Waals surface area (Å²) >= 11 is 5.91. The molecule has 0 saturated carbocycles. The van der Waals surface area contributed by atoms with Crippen LogP contribution in [-0.4, -0.2) is 36.1 Å². The van der Waals surface area contributed by atoms with Crippen LogP contribution in [0.4, 0.5) is 5.69 Å². The maximum Gasteiger partial charge on any atom is 0.132 e. The summed E-state index contributed by atoms with van der Waals surface area (Å²) in [5, 5.41) is 4.04. The number of aromatic nitrogens is 1. The molecule has 1 aliphatic heterocycles. The van der Waals surface area contributed by atoms with Crippen molar-refractivity contribution in [1.82, 2.24) is 9.88 Å². The Balaban J connectivity index is 1.90. The molecule has 1 fully saturated rings. The Morgan fingerprint density at radius 1 is 1.53 bits per heavy atom. The summed E-state index contributed by atoms with van der Waals surface area (Å²) in [6.07, 6.45) is 5.75. The molecule has 1 aliphatic rings. The van der Waals surface area contributed by atoms with E-state index in [0.29, 0.717) is 11.2 Å². The molecule has 0 radical (unpaired) electrons. The SMILES string of the molecule is Cc1cc(NCC2CCCCN2C)cnc1Cl. The lowest BCUT2D eigenvalue weighted by Crippen LogP contribution is -2.40. The van der Waals surface area contributed by atoms with Crippen LogP contribution in [0.5, 0.6) is 0 Å². The molecule has 1 saturated heterocycles. The van der Waals surface area contributed by atoms with E-state index >= 15 is 0 Å². The van der Waals surface area contributed by atoms with Crippen LogP contribution < -0.4 is 5.32 Å². The van der Waals surface area contributed by atoms with E-state index in [9.17, 15) is 0 Å². The number of aryl methyl sites for hydroxylation is 1. The summed E-state index contributed by atoms with van der Waals surface area (Å²) in [5.74, 6) is 0. The summed E-state index contributed by atoms with van der Waals surface area (Å²) in [6.45, 7) is 4.18. The number of nitrogens with zero attached hydrogens (tertiary/aromatic N) is 2. The Bertz CT molecular complexity index is 381. The van der Waals surface area contributed by atoms with Crippen molar-refractivity contribution in [1.29, 1.82) is 0 Å². The third-order valence-corrected chi connectivity index (χ3v) is 3.87. The summed E-state index contributed by atoms with van der Waals surface area (Å²) < 4.78 is 0. The van der Waals surface area contributed by atoms with Gasteiger partial charge in [0.05, 0.1) is 11.9 Å². The predicted molar refractivity (Wildman–Crippen MR) is 72.7 cm³/mol. The molecule has 0 amide bonds. The molecule has 2 heterocycles. The Morgan fingerprint density at radius 3 is 3.06 bits per heavy atom. The van der Waals surface area contributed by atoms with Crippen molar-refractivity contribution in [2.24, 2.45) is 0 Å². The number of hydrogen-bond donors (Lipinski definition) is 1. The molecule has 0 spiro atoms. The van der Waals surface area contributed by atoms with Crippen LogP contribution in [0.25, 0.3) is 0 Å². The van der Waals surface area contributed by atoms with Crippen molar-refractivity contribution in [3.05, 3.63) is 23.0 Å². The number of likely N-dealkylation sites (N-methyl/N-ethyl adjacent to an activating group) is 1. The van der Waals surface area contributed by atoms with Gasteiger partial charge in [-0.25, -0.2) is 4.98 Å². The zero-order valence-electron chi connectivity index (χ0n) is 10.5. The van der Waals surface area contributed by atoms with Gasteiger partial charge in [0.1, 0.15) is 5.15 Å². The number of anilines is 1. The lowest BCUT2D eigenvalue weighted by molar-refractivity contribution is 0.194. The zero-order valence-corrected chi connectivity index (χ0v) is 11.3. The van der Waals surface area contributed by atoms with Gasteiger partial charge in [-0.2, -0.15) is 0 Å². The lowest BCUT2D eigenvalue weighted by atomic mass is 10.0. The van der Waals surface area contributed by atoms with Crippen LogP contribution in [0.3, 0.4) is 0 Å². The van der Waals surface area contributed by atoms with Crippen molar-refractivity contribution in [3.63, 3.8) is 0 Å². The summed E-state index contributed by atoms with van der Waals surface area (Å²) in [7, 11) is 2.21. The fraction of sp³-hybridized carbons (Fsp3) is 0.615. The lowest BCUT2D eigenvalue weighted by Gasteiger charge is -2.32. The van der Waals surface area contributed by atoms with Gasteiger partial charge in [-0.1, -0.05) is 18.0 Å². The van der Waals surface area contributed by atoms with E-state index in [2.05, 4.69) is 28.3 Å². The van der Waals surface area contributed by atoms with Crippen molar-refractivity contribution < 1.29 is 0 Å². The summed E-state index contributed by atoms with van der Waals surface area (Å²) in [4.78, 5) is 6.59. The topological polar surface area (TPSA) is 28.2 Å². The van der Waals surface area contributed by atoms with Gasteiger partial charge in [-0.05, 0) is 45.0 Å². The van der Waals surface area contributed by atoms with Gasteiger partial charge in [-0.15, -0.1) is 0 Å². The first-order valence-electron chi connectivity index (χ1n) is 6.23. The molecule has 1 aromatic heterocycles. The molecule has 17 heavy (non-hydrogen) atoms. The van der Waals surface area contributed by atoms with E-state index in [1.54, 1.807) is 6.20 Å². The van der Waals surface area contributed by atoms with Crippen LogP contribution in [0.15, 0.2) is 12.3 Å². The second-order valence-corrected chi connectivity index (χ2v) is 5.20. The standard InChI is InChI=1S/C13H20ClN3/c1-10-7-11(8-16-13(10)14)15-9-12-5-3-4-6-17(12)2/h7-8,12,15H,3-6,9H2,1-2H3. The highest BCUT2D eigenvalue weighted by Crippen LogP contribution is 2.18. The third-order valence-electron chi connectivity index (χ3n) is 3.48. The van der Waals surface area contributed by atoms with Gasteiger partial charge in [0.15, 0.2) is 0 Å². The Kier molecular flexibility index (Phi) is 4.24. The van der Waals surface area contributed by atoms with Crippen molar-refractivity contribution >= 4 is 17.3 Å². The highest BCUT2D eigenvalue weighted by molar-refractivity contribution is 6.30. The third kappa shape index (κ3) is 3.33. The van der Waals surface area contributed by atoms with Crippen molar-refractivity contribution in [3.8, 4) is 0 Å². The van der Waals surface area contributed by atoms with Crippen LogP contribution in [0.1, 0.15) is 24.8 Å². The van der Waals surface area contributed by atoms with E-state index in [1.165, 1.54) is 25.8 Å². The number of likely N-dealkylation sites (tertiary alicyclic amines) is 1. The van der Waals surface area contributed by atoms with Crippen LogP contribution >= 0.6 is 11.6 Å². The fourth-order valence-corrected chi connectivity index (χ4v) is 2.40. The zero-order chi connectivity index (χ0) is 12.3. The van der Waals surface area contributed by atoms with Crippen LogP contribution in [-0.2, 0) is 0 Å². The predicted octanol–water partition coefficient (Wildman–Crippen LogP) is 2.94. The summed E-state index contributed by atoms with van der Waals surface area (Å²) in [6, 6.07) is 2.69. The Morgan fingerprint density at radius 2 is 2.35 bits per heavy atom. The molecular formula is C13H20ClN3. The summed E-state index contributed by atoms with van der Waals surface area (Å²) in [5.41, 5.74) is 2.08. The molecule has 94 valence electrons. The Labute approximate surface area is 108 Å². The average Bonchev–Trinajstić information content (AvgIpc) is 2.32. The molecule has 4 heteroatoms. The van der Waals surface area contributed by atoms with E-state index in [-0.39, 0.29) is 0 Å². The minimum atomic E-state index is 0.588. The average molecular weight is 254 g/mol. The first kappa shape index (κ1) is 12.7. The molecule has 0 bridgehead atoms. The van der Waals surface area contributed by atoms with E-state index in [4.69, 9.17) is 11.6 Å². The number of hydrogen-bond acceptors (Lipinski definition) is 3. The first-order valence-corrected chi connectivity index (χ1v) is 6.61. The second-order valence-electron chi connectivity index (χ2n) is 4.84. The normalized spacial score (nSPS) is 21.5. The molecule has 1 N–H and O–H groups in total. The number of piperidine rings is 1. The van der Waals surface area contributed by atoms with Gasteiger partial charge in [0.2, 0.25) is 0 Å². The molecule has 1 unspecified atom stereocenters. The first-order chi connectivity index (χ1) is 8.16. The minimum absolute atomic E-state index is 0.588. The monoisotopic (exact) mass is 253 g/mol. The molecular weight excluding hydrogens is 234 g/mol. The molecule has 2 rings (SSSR count). The van der Waals surface area contributed by atoms with Gasteiger partial charge in [-0.3, -0.25) is 0 Å². The maximum atomic E-state index is 5.91. The maximum absolute atomic E-state index is 5.91. The highest BCUT2D eigenvalue weighted by atomic mass is 35.5. The van der Waals surface area contributed by atoms with Crippen LogP contribution in [0, 0.1) is 6.92 Å². The smallest absolute Gasteiger partial charge is 0.132 e. The number of halogens is 1.